The summed E-state index contributed by atoms with van der Waals surface area (Å²) in [6.07, 6.45) is 10.4. The maximum absolute atomic E-state index is 3.50. The molecule has 0 bridgehead atoms. The lowest BCUT2D eigenvalue weighted by Gasteiger charge is -2.51. The zero-order valence-electron chi connectivity index (χ0n) is 9.10. The van der Waals surface area contributed by atoms with Gasteiger partial charge in [0.15, 0.2) is 0 Å². The van der Waals surface area contributed by atoms with Crippen molar-refractivity contribution in [3.8, 4) is 0 Å². The van der Waals surface area contributed by atoms with Gasteiger partial charge in [0.05, 0.1) is 0 Å². The molecule has 0 radical (unpaired) electrons. The van der Waals surface area contributed by atoms with Crippen molar-refractivity contribution in [2.45, 2.75) is 57.9 Å². The number of nitrogens with one attached hydrogen (secondary N) is 1. The smallest absolute Gasteiger partial charge is 0.00950 e. The van der Waals surface area contributed by atoms with Gasteiger partial charge in [0.1, 0.15) is 0 Å². The summed E-state index contributed by atoms with van der Waals surface area (Å²) >= 11 is 0. The van der Waals surface area contributed by atoms with Gasteiger partial charge in [0, 0.05) is 6.04 Å². The first-order valence-electron chi connectivity index (χ1n) is 5.99. The van der Waals surface area contributed by atoms with E-state index in [9.17, 15) is 0 Å². The molecule has 0 heterocycles. The quantitative estimate of drug-likeness (QED) is 0.706. The van der Waals surface area contributed by atoms with Crippen LogP contribution in [-0.4, -0.2) is 13.1 Å². The minimum Gasteiger partial charge on any atom is -0.317 e. The van der Waals surface area contributed by atoms with Gasteiger partial charge in [-0.15, -0.1) is 0 Å². The lowest BCUT2D eigenvalue weighted by Crippen LogP contribution is -2.49. The zero-order valence-corrected chi connectivity index (χ0v) is 9.10. The van der Waals surface area contributed by atoms with Gasteiger partial charge < -0.3 is 5.32 Å². The van der Waals surface area contributed by atoms with Crippen LogP contribution < -0.4 is 5.32 Å². The molecule has 13 heavy (non-hydrogen) atoms. The molecule has 1 spiro atoms. The van der Waals surface area contributed by atoms with Crippen molar-refractivity contribution in [3.05, 3.63) is 0 Å². The van der Waals surface area contributed by atoms with Crippen molar-refractivity contribution in [2.75, 3.05) is 7.05 Å². The molecule has 0 aromatic rings. The molecular formula is C12H23N. The van der Waals surface area contributed by atoms with E-state index in [1.54, 1.807) is 0 Å². The van der Waals surface area contributed by atoms with Crippen LogP contribution in [0.2, 0.25) is 0 Å². The number of hydrogen-bond donors (Lipinski definition) is 1. The van der Waals surface area contributed by atoms with E-state index in [0.29, 0.717) is 0 Å². The standard InChI is InChI=1S/C12H23N/c1-3-11(13-2)10-6-9-12(10)7-4-5-8-12/h10-11,13H,3-9H2,1-2H3. The summed E-state index contributed by atoms with van der Waals surface area (Å²) in [6.45, 7) is 2.32. The van der Waals surface area contributed by atoms with E-state index in [-0.39, 0.29) is 0 Å². The molecule has 0 aromatic carbocycles. The van der Waals surface area contributed by atoms with Crippen molar-refractivity contribution in [3.63, 3.8) is 0 Å². The van der Waals surface area contributed by atoms with E-state index in [1.165, 1.54) is 44.9 Å². The molecule has 0 aliphatic heterocycles. The summed E-state index contributed by atoms with van der Waals surface area (Å²) in [4.78, 5) is 0. The van der Waals surface area contributed by atoms with Crippen LogP contribution in [-0.2, 0) is 0 Å². The van der Waals surface area contributed by atoms with Crippen LogP contribution in [0, 0.1) is 11.3 Å². The van der Waals surface area contributed by atoms with Crippen molar-refractivity contribution < 1.29 is 0 Å². The summed E-state index contributed by atoms with van der Waals surface area (Å²) in [7, 11) is 2.13. The summed E-state index contributed by atoms with van der Waals surface area (Å²) in [6, 6.07) is 0.798. The molecule has 2 unspecified atom stereocenters. The Labute approximate surface area is 82.3 Å². The maximum Gasteiger partial charge on any atom is 0.00950 e. The number of hydrogen-bond acceptors (Lipinski definition) is 1. The number of rotatable bonds is 3. The lowest BCUT2D eigenvalue weighted by atomic mass is 9.56. The van der Waals surface area contributed by atoms with Gasteiger partial charge in [-0.3, -0.25) is 0 Å². The Bertz CT molecular complexity index is 166. The summed E-state index contributed by atoms with van der Waals surface area (Å²) in [5.41, 5.74) is 0.795. The molecule has 76 valence electrons. The van der Waals surface area contributed by atoms with Crippen LogP contribution in [0.5, 0.6) is 0 Å². The molecule has 2 atom stereocenters. The Morgan fingerprint density at radius 1 is 1.31 bits per heavy atom. The molecule has 1 heteroatoms. The van der Waals surface area contributed by atoms with Gasteiger partial charge in [-0.1, -0.05) is 19.8 Å². The first-order chi connectivity index (χ1) is 6.32. The average molecular weight is 181 g/mol. The first-order valence-corrected chi connectivity index (χ1v) is 5.99. The molecule has 1 N–H and O–H groups in total. The Morgan fingerprint density at radius 2 is 2.00 bits per heavy atom. The van der Waals surface area contributed by atoms with Crippen LogP contribution in [0.4, 0.5) is 0 Å². The van der Waals surface area contributed by atoms with Crippen LogP contribution in [0.3, 0.4) is 0 Å². The van der Waals surface area contributed by atoms with Gasteiger partial charge in [-0.05, 0) is 50.5 Å². The fraction of sp³-hybridized carbons (Fsp3) is 1.00. The van der Waals surface area contributed by atoms with E-state index < -0.39 is 0 Å². The summed E-state index contributed by atoms with van der Waals surface area (Å²) < 4.78 is 0. The van der Waals surface area contributed by atoms with Crippen LogP contribution in [0.25, 0.3) is 0 Å². The Kier molecular flexibility index (Phi) is 2.64. The monoisotopic (exact) mass is 181 g/mol. The second-order valence-electron chi connectivity index (χ2n) is 5.02. The summed E-state index contributed by atoms with van der Waals surface area (Å²) in [5, 5.41) is 3.50. The molecule has 0 saturated heterocycles. The topological polar surface area (TPSA) is 12.0 Å². The maximum atomic E-state index is 3.50. The highest BCUT2D eigenvalue weighted by Gasteiger charge is 2.50. The van der Waals surface area contributed by atoms with Crippen LogP contribution in [0.1, 0.15) is 51.9 Å². The van der Waals surface area contributed by atoms with E-state index in [2.05, 4.69) is 19.3 Å². The normalized spacial score (nSPS) is 33.2. The Morgan fingerprint density at radius 3 is 2.38 bits per heavy atom. The summed E-state index contributed by atoms with van der Waals surface area (Å²) in [5.74, 6) is 1.00. The predicted octanol–water partition coefficient (Wildman–Crippen LogP) is 2.95. The van der Waals surface area contributed by atoms with Gasteiger partial charge in [0.2, 0.25) is 0 Å². The average Bonchev–Trinajstić information content (AvgIpc) is 2.62. The molecule has 2 saturated carbocycles. The SMILES string of the molecule is CCC(NC)C1CCC12CCCC2. The van der Waals surface area contributed by atoms with Gasteiger partial charge in [-0.2, -0.15) is 0 Å². The third kappa shape index (κ3) is 1.41. The molecule has 2 fully saturated rings. The first kappa shape index (κ1) is 9.51. The Balaban J connectivity index is 1.99. The van der Waals surface area contributed by atoms with Crippen LogP contribution >= 0.6 is 0 Å². The largest absolute Gasteiger partial charge is 0.317 e. The van der Waals surface area contributed by atoms with E-state index in [0.717, 1.165) is 17.4 Å². The second kappa shape index (κ2) is 3.61. The highest BCUT2D eigenvalue weighted by molar-refractivity contribution is 5.02. The zero-order chi connectivity index (χ0) is 9.31. The molecular weight excluding hydrogens is 158 g/mol. The molecule has 2 aliphatic carbocycles. The third-order valence-corrected chi connectivity index (χ3v) is 4.64. The van der Waals surface area contributed by atoms with E-state index in [4.69, 9.17) is 0 Å². The fourth-order valence-electron chi connectivity index (χ4n) is 3.74. The highest BCUT2D eigenvalue weighted by atomic mass is 14.9. The minimum atomic E-state index is 0.795. The molecule has 2 rings (SSSR count). The van der Waals surface area contributed by atoms with Crippen LogP contribution in [0.15, 0.2) is 0 Å². The van der Waals surface area contributed by atoms with E-state index in [1.807, 2.05) is 0 Å². The van der Waals surface area contributed by atoms with Gasteiger partial charge in [-0.25, -0.2) is 0 Å². The molecule has 0 aromatic heterocycles. The third-order valence-electron chi connectivity index (χ3n) is 4.64. The van der Waals surface area contributed by atoms with E-state index >= 15 is 0 Å². The van der Waals surface area contributed by atoms with Crippen molar-refractivity contribution in [1.82, 2.24) is 5.32 Å². The fourth-order valence-corrected chi connectivity index (χ4v) is 3.74. The lowest BCUT2D eigenvalue weighted by molar-refractivity contribution is 0.00810. The molecule has 2 aliphatic rings. The molecule has 0 amide bonds. The predicted molar refractivity (Wildman–Crippen MR) is 56.8 cm³/mol. The van der Waals surface area contributed by atoms with Gasteiger partial charge >= 0.3 is 0 Å². The van der Waals surface area contributed by atoms with Crippen molar-refractivity contribution in [1.29, 1.82) is 0 Å². The Hall–Kier alpha value is -0.0400. The molecule has 1 nitrogen and oxygen atoms in total. The van der Waals surface area contributed by atoms with Crippen molar-refractivity contribution >= 4 is 0 Å². The highest BCUT2D eigenvalue weighted by Crippen LogP contribution is 2.58. The van der Waals surface area contributed by atoms with Gasteiger partial charge in [0.25, 0.3) is 0 Å². The second-order valence-corrected chi connectivity index (χ2v) is 5.02. The van der Waals surface area contributed by atoms with Crippen molar-refractivity contribution in [2.24, 2.45) is 11.3 Å². The minimum absolute atomic E-state index is 0.795.